The van der Waals surface area contributed by atoms with E-state index in [2.05, 4.69) is 43.0 Å². The van der Waals surface area contributed by atoms with Crippen molar-refractivity contribution in [3.8, 4) is 0 Å². The first-order chi connectivity index (χ1) is 24.0. The molecule has 0 aliphatic rings. The summed E-state index contributed by atoms with van der Waals surface area (Å²) < 4.78 is 10.5. The van der Waals surface area contributed by atoms with Crippen LogP contribution in [0.3, 0.4) is 0 Å². The Hall–Kier alpha value is -0.830. The van der Waals surface area contributed by atoms with Gasteiger partial charge in [0.15, 0.2) is 0 Å². The fraction of sp³-hybridized carbons (Fsp3) is 0.951. The number of carbonyl (C=O) groups excluding carboxylic acids is 2. The molecule has 0 fully saturated rings. The number of aliphatic hydroxyl groups is 2. The Morgan fingerprint density at radius 1 is 0.612 bits per heavy atom. The quantitative estimate of drug-likeness (QED) is 0.0253. The lowest BCUT2D eigenvalue weighted by Gasteiger charge is -2.29. The average Bonchev–Trinajstić information content (AvgIpc) is 3.10. The molecule has 0 bridgehead atoms. The van der Waals surface area contributed by atoms with Gasteiger partial charge in [0.05, 0.1) is 25.9 Å². The van der Waals surface area contributed by atoms with E-state index in [-0.39, 0.29) is 31.3 Å². The molecule has 1 atom stereocenters. The van der Waals surface area contributed by atoms with E-state index < -0.39 is 0 Å². The van der Waals surface area contributed by atoms with Gasteiger partial charge in [-0.2, -0.15) is 12.6 Å². The number of rotatable bonds is 38. The molecule has 0 aromatic carbocycles. The van der Waals surface area contributed by atoms with E-state index in [1.54, 1.807) is 0 Å². The monoisotopic (exact) mass is 718 g/mol. The Morgan fingerprint density at radius 3 is 1.51 bits per heavy atom. The van der Waals surface area contributed by atoms with E-state index >= 15 is 0 Å². The molecule has 0 rings (SSSR count). The third-order valence-corrected chi connectivity index (χ3v) is 9.67. The number of nitrogens with zero attached hydrogens (tertiary/aromatic N) is 1. The van der Waals surface area contributed by atoms with Crippen molar-refractivity contribution in [2.75, 3.05) is 38.7 Å². The molecule has 0 aliphatic carbocycles. The first-order valence-corrected chi connectivity index (χ1v) is 21.5. The molecule has 7 nitrogen and oxygen atoms in total. The maximum absolute atomic E-state index is 12.6. The van der Waals surface area contributed by atoms with E-state index in [1.807, 2.05) is 0 Å². The van der Waals surface area contributed by atoms with Gasteiger partial charge in [-0.05, 0) is 76.6 Å². The highest BCUT2D eigenvalue weighted by Gasteiger charge is 2.17. The predicted octanol–water partition coefficient (Wildman–Crippen LogP) is 10.6. The van der Waals surface area contributed by atoms with Gasteiger partial charge in [-0.25, -0.2) is 0 Å². The van der Waals surface area contributed by atoms with Crippen LogP contribution in [-0.2, 0) is 19.1 Å². The van der Waals surface area contributed by atoms with Gasteiger partial charge >= 0.3 is 5.97 Å². The molecular formula is C41H83NO6S. The molecule has 2 N–H and O–H groups in total. The summed E-state index contributed by atoms with van der Waals surface area (Å²) in [4.78, 5) is 24.5. The number of hydrogen-bond acceptors (Lipinski definition) is 8. The zero-order chi connectivity index (χ0) is 36.5. The largest absolute Gasteiger partial charge is 0.468 e. The molecule has 294 valence electrons. The molecule has 0 heterocycles. The van der Waals surface area contributed by atoms with Crippen molar-refractivity contribution in [2.24, 2.45) is 0 Å². The lowest BCUT2D eigenvalue weighted by Crippen LogP contribution is -2.41. The van der Waals surface area contributed by atoms with Gasteiger partial charge < -0.3 is 19.7 Å². The maximum atomic E-state index is 12.6. The zero-order valence-corrected chi connectivity index (χ0v) is 33.6. The standard InChI is InChI=1S/C34H69NO4S.C7H14O2/c1-3-5-7-9-12-18-24-33(25-19-14-17-23-29-40)39-34(38)26-20-13-11-16-22-28-35(32(30-36)31-37)27-21-15-10-8-6-4-2;1-2-3-4-5-6-9-7-8/h32-33,36-37,40H,3-31H2,1-2H3;7H,2-6H2,1H3. The number of aliphatic hydroxyl groups excluding tert-OH is 2. The van der Waals surface area contributed by atoms with Crippen LogP contribution in [0.1, 0.15) is 201 Å². The second kappa shape index (κ2) is 43.3. The van der Waals surface area contributed by atoms with Crippen LogP contribution in [0.5, 0.6) is 0 Å². The Kier molecular flexibility index (Phi) is 44.5. The summed E-state index contributed by atoms with van der Waals surface area (Å²) in [5.41, 5.74) is 0. The van der Waals surface area contributed by atoms with Crippen molar-refractivity contribution in [3.63, 3.8) is 0 Å². The number of hydrogen-bond donors (Lipinski definition) is 3. The highest BCUT2D eigenvalue weighted by molar-refractivity contribution is 7.80. The highest BCUT2D eigenvalue weighted by atomic mass is 32.1. The molecule has 0 saturated carbocycles. The average molecular weight is 718 g/mol. The van der Waals surface area contributed by atoms with Crippen molar-refractivity contribution in [1.82, 2.24) is 4.90 Å². The van der Waals surface area contributed by atoms with Crippen LogP contribution in [0, 0.1) is 0 Å². The minimum atomic E-state index is -0.141. The predicted molar refractivity (Wildman–Crippen MR) is 212 cm³/mol. The molecule has 0 spiro atoms. The number of ether oxygens (including phenoxy) is 2. The van der Waals surface area contributed by atoms with Gasteiger partial charge in [-0.1, -0.05) is 136 Å². The Bertz CT molecular complexity index is 651. The first kappa shape index (κ1) is 50.3. The number of unbranched alkanes of at least 4 members (excludes halogenated alkanes) is 20. The molecule has 49 heavy (non-hydrogen) atoms. The topological polar surface area (TPSA) is 96.3 Å². The van der Waals surface area contributed by atoms with Crippen LogP contribution in [0.4, 0.5) is 0 Å². The molecule has 0 radical (unpaired) electrons. The van der Waals surface area contributed by atoms with Crippen LogP contribution < -0.4 is 0 Å². The lowest BCUT2D eigenvalue weighted by molar-refractivity contribution is -0.150. The Balaban J connectivity index is 0. The van der Waals surface area contributed by atoms with Crippen LogP contribution in [0.2, 0.25) is 0 Å². The molecule has 0 saturated heterocycles. The van der Waals surface area contributed by atoms with E-state index in [4.69, 9.17) is 4.74 Å². The fourth-order valence-electron chi connectivity index (χ4n) is 6.13. The zero-order valence-electron chi connectivity index (χ0n) is 32.7. The lowest BCUT2D eigenvalue weighted by atomic mass is 10.0. The van der Waals surface area contributed by atoms with Gasteiger partial charge in [0.2, 0.25) is 0 Å². The molecule has 1 unspecified atom stereocenters. The molecule has 0 aliphatic heterocycles. The van der Waals surface area contributed by atoms with Gasteiger partial charge in [0, 0.05) is 6.42 Å². The van der Waals surface area contributed by atoms with Gasteiger partial charge in [-0.3, -0.25) is 14.5 Å². The summed E-state index contributed by atoms with van der Waals surface area (Å²) in [7, 11) is 0. The fourth-order valence-corrected chi connectivity index (χ4v) is 6.36. The van der Waals surface area contributed by atoms with E-state index in [0.717, 1.165) is 83.1 Å². The number of thiol groups is 1. The first-order valence-electron chi connectivity index (χ1n) is 20.9. The molecule has 0 aromatic heterocycles. The minimum absolute atomic E-state index is 0.00909. The van der Waals surface area contributed by atoms with E-state index in [0.29, 0.717) is 19.5 Å². The summed E-state index contributed by atoms with van der Waals surface area (Å²) in [6, 6.07) is -0.141. The Labute approximate surface area is 309 Å². The maximum Gasteiger partial charge on any atom is 0.306 e. The van der Waals surface area contributed by atoms with E-state index in [9.17, 15) is 19.8 Å². The molecular weight excluding hydrogens is 635 g/mol. The second-order valence-corrected chi connectivity index (χ2v) is 14.4. The van der Waals surface area contributed by atoms with Crippen LogP contribution >= 0.6 is 12.6 Å². The number of esters is 1. The SMILES string of the molecule is CCCCCCCCC(CCCCCCS)OC(=O)CCCCCCCN(CCCCCCCC)C(CO)CO.CCCCCCOC=O. The van der Waals surface area contributed by atoms with Gasteiger partial charge in [0.1, 0.15) is 6.10 Å². The smallest absolute Gasteiger partial charge is 0.306 e. The summed E-state index contributed by atoms with van der Waals surface area (Å²) in [6.45, 7) is 9.66. The molecule has 0 amide bonds. The van der Waals surface area contributed by atoms with Crippen molar-refractivity contribution in [2.45, 2.75) is 213 Å². The highest BCUT2D eigenvalue weighted by Crippen LogP contribution is 2.18. The van der Waals surface area contributed by atoms with Crippen molar-refractivity contribution in [1.29, 1.82) is 0 Å². The van der Waals surface area contributed by atoms with Crippen LogP contribution in [0.15, 0.2) is 0 Å². The van der Waals surface area contributed by atoms with Gasteiger partial charge in [-0.15, -0.1) is 0 Å². The van der Waals surface area contributed by atoms with Crippen LogP contribution in [-0.4, -0.2) is 78.4 Å². The summed E-state index contributed by atoms with van der Waals surface area (Å²) in [5.74, 6) is 0.949. The third-order valence-electron chi connectivity index (χ3n) is 9.36. The van der Waals surface area contributed by atoms with Crippen molar-refractivity contribution < 1.29 is 29.3 Å². The van der Waals surface area contributed by atoms with Crippen LogP contribution in [0.25, 0.3) is 0 Å². The summed E-state index contributed by atoms with van der Waals surface area (Å²) >= 11 is 4.31. The second-order valence-electron chi connectivity index (χ2n) is 14.0. The summed E-state index contributed by atoms with van der Waals surface area (Å²) in [5, 5.41) is 19.4. The molecule has 8 heteroatoms. The minimum Gasteiger partial charge on any atom is -0.468 e. The number of carbonyl (C=O) groups is 2. The third kappa shape index (κ3) is 38.2. The van der Waals surface area contributed by atoms with Crippen molar-refractivity contribution >= 4 is 25.1 Å². The normalized spacial score (nSPS) is 11.8. The Morgan fingerprint density at radius 2 is 1.04 bits per heavy atom. The molecule has 0 aromatic rings. The van der Waals surface area contributed by atoms with E-state index in [1.165, 1.54) is 109 Å². The van der Waals surface area contributed by atoms with Crippen molar-refractivity contribution in [3.05, 3.63) is 0 Å². The summed E-state index contributed by atoms with van der Waals surface area (Å²) in [6.07, 6.45) is 32.5. The van der Waals surface area contributed by atoms with Gasteiger partial charge in [0.25, 0.3) is 6.47 Å².